The maximum absolute atomic E-state index is 11.4. The molecule has 0 aromatic carbocycles. The van der Waals surface area contributed by atoms with Crippen molar-refractivity contribution in [2.45, 2.75) is 73.6 Å². The zero-order valence-corrected chi connectivity index (χ0v) is 10.3. The Kier molecular flexibility index (Phi) is 11.6. The largest absolute Gasteiger partial charge is 0.300 e. The van der Waals surface area contributed by atoms with Crippen molar-refractivity contribution >= 4 is 5.78 Å². The molecule has 0 aromatic rings. The number of carbonyl (C=O) groups excluding carboxylic acids is 1. The average molecular weight is 214 g/mol. The van der Waals surface area contributed by atoms with Crippen LogP contribution in [0.25, 0.3) is 0 Å². The van der Waals surface area contributed by atoms with Gasteiger partial charge in [-0.25, -0.2) is 0 Å². The first-order chi connectivity index (χ1) is 6.52. The van der Waals surface area contributed by atoms with Gasteiger partial charge in [-0.2, -0.15) is 0 Å². The molecule has 0 N–H and O–H groups in total. The van der Waals surface area contributed by atoms with E-state index in [-0.39, 0.29) is 7.43 Å². The van der Waals surface area contributed by atoms with Crippen LogP contribution in [0.2, 0.25) is 0 Å². The summed E-state index contributed by atoms with van der Waals surface area (Å²) in [6, 6.07) is 0. The van der Waals surface area contributed by atoms with Crippen molar-refractivity contribution < 1.29 is 4.79 Å². The number of Topliss-reactive ketones (excluding diaryl/α,β-unsaturated/α-hetero) is 1. The van der Waals surface area contributed by atoms with Gasteiger partial charge in [0.2, 0.25) is 0 Å². The Morgan fingerprint density at radius 3 is 2.00 bits per heavy atom. The summed E-state index contributed by atoms with van der Waals surface area (Å²) in [7, 11) is 0. The summed E-state index contributed by atoms with van der Waals surface area (Å²) in [5, 5.41) is 0. The molecule has 0 aromatic heterocycles. The van der Waals surface area contributed by atoms with E-state index in [2.05, 4.69) is 27.7 Å². The van der Waals surface area contributed by atoms with Crippen LogP contribution in [0.1, 0.15) is 73.6 Å². The summed E-state index contributed by atoms with van der Waals surface area (Å²) in [6.07, 6.45) is 6.48. The molecule has 0 atom stereocenters. The van der Waals surface area contributed by atoms with Gasteiger partial charge < -0.3 is 0 Å². The molecule has 0 radical (unpaired) electrons. The lowest BCUT2D eigenvalue weighted by atomic mass is 10.0. The number of rotatable bonds is 8. The zero-order chi connectivity index (χ0) is 11.0. The Morgan fingerprint density at radius 1 is 0.933 bits per heavy atom. The number of carbonyl (C=O) groups is 1. The second-order valence-electron chi connectivity index (χ2n) is 5.13. The molecule has 1 heteroatoms. The minimum absolute atomic E-state index is 0. The van der Waals surface area contributed by atoms with E-state index in [4.69, 9.17) is 0 Å². The predicted octanol–water partition coefficient (Wildman–Crippen LogP) is 4.84. The van der Waals surface area contributed by atoms with Crippen LogP contribution in [-0.2, 0) is 4.79 Å². The topological polar surface area (TPSA) is 17.1 Å². The van der Waals surface area contributed by atoms with Gasteiger partial charge in [-0.15, -0.1) is 0 Å². The smallest absolute Gasteiger partial charge is 0.133 e. The maximum atomic E-state index is 11.4. The van der Waals surface area contributed by atoms with Gasteiger partial charge in [-0.1, -0.05) is 54.4 Å². The van der Waals surface area contributed by atoms with Gasteiger partial charge in [-0.05, 0) is 18.3 Å². The van der Waals surface area contributed by atoms with Gasteiger partial charge in [0.15, 0.2) is 0 Å². The summed E-state index contributed by atoms with van der Waals surface area (Å²) in [5.41, 5.74) is 0. The third-order valence-corrected chi connectivity index (χ3v) is 2.37. The molecule has 0 spiro atoms. The highest BCUT2D eigenvalue weighted by Gasteiger charge is 2.04. The van der Waals surface area contributed by atoms with E-state index in [0.717, 1.165) is 25.2 Å². The molecule has 0 rings (SSSR count). The Balaban J connectivity index is 0. The summed E-state index contributed by atoms with van der Waals surface area (Å²) in [5.74, 6) is 1.78. The van der Waals surface area contributed by atoms with Crippen molar-refractivity contribution in [1.29, 1.82) is 0 Å². The van der Waals surface area contributed by atoms with E-state index in [1.165, 1.54) is 19.3 Å². The van der Waals surface area contributed by atoms with Gasteiger partial charge in [0, 0.05) is 12.8 Å². The molecule has 0 heterocycles. The molecule has 0 aliphatic rings. The monoisotopic (exact) mass is 214 g/mol. The van der Waals surface area contributed by atoms with Crippen molar-refractivity contribution in [1.82, 2.24) is 0 Å². The quantitative estimate of drug-likeness (QED) is 0.528. The van der Waals surface area contributed by atoms with Crippen LogP contribution in [0.3, 0.4) is 0 Å². The standard InChI is InChI=1S/C13H26O.CH4/c1-11(2)8-6-5-7-9-13(14)10-12(3)4;/h11-12H,5-10H2,1-4H3;1H4. The molecule has 0 saturated heterocycles. The normalized spacial score (nSPS) is 10.5. The van der Waals surface area contributed by atoms with Crippen LogP contribution < -0.4 is 0 Å². The lowest BCUT2D eigenvalue weighted by Gasteiger charge is -2.05. The van der Waals surface area contributed by atoms with Gasteiger partial charge in [0.05, 0.1) is 0 Å². The molecule has 92 valence electrons. The van der Waals surface area contributed by atoms with Crippen LogP contribution >= 0.6 is 0 Å². The SMILES string of the molecule is C.CC(C)CCCCCC(=O)CC(C)C. The highest BCUT2D eigenvalue weighted by molar-refractivity contribution is 5.78. The molecule has 0 aliphatic heterocycles. The first-order valence-electron chi connectivity index (χ1n) is 6.04. The van der Waals surface area contributed by atoms with E-state index < -0.39 is 0 Å². The number of hydrogen-bond acceptors (Lipinski definition) is 1. The first-order valence-corrected chi connectivity index (χ1v) is 6.04. The third kappa shape index (κ3) is 13.7. The molecule has 0 fully saturated rings. The van der Waals surface area contributed by atoms with Crippen LogP contribution in [0.4, 0.5) is 0 Å². The molecule has 0 bridgehead atoms. The Hall–Kier alpha value is -0.330. The molecule has 0 aliphatic carbocycles. The first kappa shape index (κ1) is 17.1. The third-order valence-electron chi connectivity index (χ3n) is 2.37. The molecule has 0 amide bonds. The highest BCUT2D eigenvalue weighted by atomic mass is 16.1. The van der Waals surface area contributed by atoms with Crippen molar-refractivity contribution in [2.24, 2.45) is 11.8 Å². The van der Waals surface area contributed by atoms with Gasteiger partial charge >= 0.3 is 0 Å². The zero-order valence-electron chi connectivity index (χ0n) is 10.3. The van der Waals surface area contributed by atoms with E-state index in [1.54, 1.807) is 0 Å². The number of ketones is 1. The maximum Gasteiger partial charge on any atom is 0.133 e. The minimum Gasteiger partial charge on any atom is -0.300 e. The molecule has 15 heavy (non-hydrogen) atoms. The van der Waals surface area contributed by atoms with Crippen LogP contribution in [0, 0.1) is 11.8 Å². The second-order valence-corrected chi connectivity index (χ2v) is 5.13. The van der Waals surface area contributed by atoms with E-state index in [0.29, 0.717) is 11.7 Å². The molecular weight excluding hydrogens is 184 g/mol. The van der Waals surface area contributed by atoms with Crippen LogP contribution in [0.15, 0.2) is 0 Å². The predicted molar refractivity (Wildman–Crippen MR) is 69.1 cm³/mol. The van der Waals surface area contributed by atoms with Crippen molar-refractivity contribution in [3.05, 3.63) is 0 Å². The van der Waals surface area contributed by atoms with E-state index >= 15 is 0 Å². The molecule has 0 saturated carbocycles. The molecule has 1 nitrogen and oxygen atoms in total. The summed E-state index contributed by atoms with van der Waals surface area (Å²) < 4.78 is 0. The van der Waals surface area contributed by atoms with Crippen molar-refractivity contribution in [3.63, 3.8) is 0 Å². The lowest BCUT2D eigenvalue weighted by molar-refractivity contribution is -0.119. The summed E-state index contributed by atoms with van der Waals surface area (Å²) in [4.78, 5) is 11.4. The summed E-state index contributed by atoms with van der Waals surface area (Å²) >= 11 is 0. The van der Waals surface area contributed by atoms with E-state index in [9.17, 15) is 4.79 Å². The fourth-order valence-corrected chi connectivity index (χ4v) is 1.61. The average Bonchev–Trinajstić information content (AvgIpc) is 2.01. The van der Waals surface area contributed by atoms with Crippen LogP contribution in [-0.4, -0.2) is 5.78 Å². The van der Waals surface area contributed by atoms with E-state index in [1.807, 2.05) is 0 Å². The fraction of sp³-hybridized carbons (Fsp3) is 0.929. The number of hydrogen-bond donors (Lipinski definition) is 0. The highest BCUT2D eigenvalue weighted by Crippen LogP contribution is 2.11. The van der Waals surface area contributed by atoms with Crippen molar-refractivity contribution in [2.75, 3.05) is 0 Å². The Bertz CT molecular complexity index is 147. The van der Waals surface area contributed by atoms with Gasteiger partial charge in [-0.3, -0.25) is 4.79 Å². The Labute approximate surface area is 96.7 Å². The van der Waals surface area contributed by atoms with Gasteiger partial charge in [0.25, 0.3) is 0 Å². The Morgan fingerprint density at radius 2 is 1.53 bits per heavy atom. The minimum atomic E-state index is 0. The molecule has 0 unspecified atom stereocenters. The second kappa shape index (κ2) is 10.2. The lowest BCUT2D eigenvalue weighted by Crippen LogP contribution is -2.02. The molecular formula is C14H30O. The number of unbranched alkanes of at least 4 members (excludes halogenated alkanes) is 2. The summed E-state index contributed by atoms with van der Waals surface area (Å²) in [6.45, 7) is 8.72. The van der Waals surface area contributed by atoms with Crippen LogP contribution in [0.5, 0.6) is 0 Å². The van der Waals surface area contributed by atoms with Crippen molar-refractivity contribution in [3.8, 4) is 0 Å². The van der Waals surface area contributed by atoms with Gasteiger partial charge in [0.1, 0.15) is 5.78 Å². The fourth-order valence-electron chi connectivity index (χ4n) is 1.61.